The minimum absolute atomic E-state index is 0.0386. The molecule has 0 aliphatic heterocycles. The molecule has 0 aromatic heterocycles. The number of amides is 1. The second-order valence-electron chi connectivity index (χ2n) is 3.96. The van der Waals surface area contributed by atoms with Crippen LogP contribution in [0.3, 0.4) is 0 Å². The van der Waals surface area contributed by atoms with E-state index in [9.17, 15) is 9.36 Å². The summed E-state index contributed by atoms with van der Waals surface area (Å²) in [6, 6.07) is 0. The van der Waals surface area contributed by atoms with Gasteiger partial charge in [0.25, 0.3) is 5.91 Å². The lowest BCUT2D eigenvalue weighted by molar-refractivity contribution is -0.160. The molecule has 0 aliphatic rings. The van der Waals surface area contributed by atoms with Gasteiger partial charge in [0.15, 0.2) is 0 Å². The van der Waals surface area contributed by atoms with Crippen molar-refractivity contribution in [3.63, 3.8) is 0 Å². The van der Waals surface area contributed by atoms with Gasteiger partial charge in [0.1, 0.15) is 0 Å². The number of carbonyl (C=O) groups excluding carboxylic acids is 1. The predicted octanol–water partition coefficient (Wildman–Crippen LogP) is 1.43. The van der Waals surface area contributed by atoms with Crippen LogP contribution in [0.25, 0.3) is 0 Å². The quantitative estimate of drug-likeness (QED) is 0.448. The zero-order valence-electron chi connectivity index (χ0n) is 11.4. The molecule has 0 fully saturated rings. The maximum atomic E-state index is 11.1. The van der Waals surface area contributed by atoms with Crippen LogP contribution < -0.4 is 0 Å². The molecule has 0 aromatic carbocycles. The number of hydrogen-bond acceptors (Lipinski definition) is 4. The highest BCUT2D eigenvalue weighted by molar-refractivity contribution is 7.57. The van der Waals surface area contributed by atoms with Crippen molar-refractivity contribution in [2.45, 2.75) is 27.2 Å². The number of hydrogen-bond donors (Lipinski definition) is 2. The maximum absolute atomic E-state index is 11.1. The van der Waals surface area contributed by atoms with E-state index < -0.39 is 13.3 Å². The summed E-state index contributed by atoms with van der Waals surface area (Å²) in [4.78, 5) is 21.7. The minimum atomic E-state index is -3.15. The summed E-state index contributed by atoms with van der Waals surface area (Å²) >= 11 is 0. The Morgan fingerprint density at radius 3 is 1.94 bits per heavy atom. The lowest BCUT2D eigenvalue weighted by Gasteiger charge is -2.22. The molecular weight excluding hydrogens is 243 g/mol. The van der Waals surface area contributed by atoms with Crippen molar-refractivity contribution in [1.82, 2.24) is 9.96 Å². The molecule has 2 N–H and O–H groups in total. The summed E-state index contributed by atoms with van der Waals surface area (Å²) in [6.07, 6.45) is 1.21. The fourth-order valence-corrected chi connectivity index (χ4v) is 1.97. The smallest absolute Gasteiger partial charge is 0.259 e. The number of rotatable bonds is 5. The van der Waals surface area contributed by atoms with Gasteiger partial charge in [-0.1, -0.05) is 27.2 Å². The minimum Gasteiger partial charge on any atom is -0.344 e. The molecule has 0 aliphatic carbocycles. The normalized spacial score (nSPS) is 13.6. The molecule has 0 spiro atoms. The average molecular weight is 268 g/mol. The molecule has 1 atom stereocenters. The zero-order chi connectivity index (χ0) is 14.1. The summed E-state index contributed by atoms with van der Waals surface area (Å²) < 4.78 is 11.1. The third-order valence-electron chi connectivity index (χ3n) is 1.63. The summed E-state index contributed by atoms with van der Waals surface area (Å²) in [5.74, 6) is -0.500. The molecule has 0 heterocycles. The molecule has 104 valence electrons. The lowest BCUT2D eigenvalue weighted by atomic mass is 10.5. The first-order chi connectivity index (χ1) is 7.67. The van der Waals surface area contributed by atoms with E-state index in [0.29, 0.717) is 11.6 Å². The molecule has 0 radical (unpaired) electrons. The van der Waals surface area contributed by atoms with Crippen molar-refractivity contribution in [2.75, 3.05) is 33.1 Å². The van der Waals surface area contributed by atoms with Gasteiger partial charge in [0.05, 0.1) is 12.8 Å². The van der Waals surface area contributed by atoms with Crippen LogP contribution in [0, 0.1) is 0 Å². The average Bonchev–Trinajstić information content (AvgIpc) is 2.15. The molecule has 7 heteroatoms. The molecule has 0 saturated carbocycles. The fourth-order valence-electron chi connectivity index (χ4n) is 0.927. The van der Waals surface area contributed by atoms with E-state index in [1.807, 2.05) is 0 Å². The number of hydroxylamine groups is 2. The largest absolute Gasteiger partial charge is 0.344 e. The van der Waals surface area contributed by atoms with Gasteiger partial charge in [-0.25, -0.2) is 5.06 Å². The second kappa shape index (κ2) is 9.59. The Labute approximate surface area is 104 Å². The first kappa shape index (κ1) is 18.9. The van der Waals surface area contributed by atoms with Gasteiger partial charge in [-0.3, -0.25) is 19.5 Å². The number of nitrogens with zero attached hydrogens (tertiary/aromatic N) is 2. The molecule has 0 bridgehead atoms. The van der Waals surface area contributed by atoms with Crippen molar-refractivity contribution in [1.29, 1.82) is 0 Å². The van der Waals surface area contributed by atoms with E-state index in [1.165, 1.54) is 25.0 Å². The van der Waals surface area contributed by atoms with Gasteiger partial charge >= 0.3 is 0 Å². The topological polar surface area (TPSA) is 81.1 Å². The van der Waals surface area contributed by atoms with E-state index in [-0.39, 0.29) is 12.8 Å². The molecule has 1 amide bonds. The summed E-state index contributed by atoms with van der Waals surface area (Å²) in [5.41, 5.74) is 0. The van der Waals surface area contributed by atoms with Gasteiger partial charge in [-0.15, -0.1) is 0 Å². The molecule has 0 rings (SSSR count). The third-order valence-corrected chi connectivity index (χ3v) is 2.55. The first-order valence-electron chi connectivity index (χ1n) is 5.64. The molecule has 0 aromatic rings. The van der Waals surface area contributed by atoms with E-state index in [0.717, 1.165) is 0 Å². The Hall–Kier alpha value is -0.420. The molecule has 17 heavy (non-hydrogen) atoms. The second-order valence-corrected chi connectivity index (χ2v) is 6.35. The van der Waals surface area contributed by atoms with E-state index in [2.05, 4.69) is 13.8 Å². The zero-order valence-corrected chi connectivity index (χ0v) is 12.3. The van der Waals surface area contributed by atoms with Crippen LogP contribution in [0.2, 0.25) is 0 Å². The van der Waals surface area contributed by atoms with Crippen LogP contribution in [0.15, 0.2) is 0 Å². The SMILES string of the molecule is CCC.CCN(CC(=O)N(C)O)CP(C)(=O)O. The lowest BCUT2D eigenvalue weighted by Crippen LogP contribution is -2.37. The van der Waals surface area contributed by atoms with E-state index in [1.54, 1.807) is 6.92 Å². The molecule has 0 saturated heterocycles. The monoisotopic (exact) mass is 268 g/mol. The number of carbonyl (C=O) groups is 1. The van der Waals surface area contributed by atoms with Gasteiger partial charge in [0.2, 0.25) is 7.37 Å². The van der Waals surface area contributed by atoms with Gasteiger partial charge < -0.3 is 4.89 Å². The highest BCUT2D eigenvalue weighted by atomic mass is 31.2. The van der Waals surface area contributed by atoms with Crippen molar-refractivity contribution in [3.05, 3.63) is 0 Å². The Morgan fingerprint density at radius 2 is 1.71 bits per heavy atom. The van der Waals surface area contributed by atoms with Crippen LogP contribution in [0.4, 0.5) is 0 Å². The Bertz CT molecular complexity index is 253. The van der Waals surface area contributed by atoms with Crippen molar-refractivity contribution >= 4 is 13.3 Å². The van der Waals surface area contributed by atoms with Crippen molar-refractivity contribution in [3.8, 4) is 0 Å². The third kappa shape index (κ3) is 13.5. The number of likely N-dealkylation sites (N-methyl/N-ethyl adjacent to an activating group) is 2. The predicted molar refractivity (Wildman–Crippen MR) is 68.4 cm³/mol. The van der Waals surface area contributed by atoms with Crippen molar-refractivity contribution in [2.24, 2.45) is 0 Å². The van der Waals surface area contributed by atoms with Gasteiger partial charge in [-0.2, -0.15) is 0 Å². The van der Waals surface area contributed by atoms with Crippen LogP contribution in [-0.2, 0) is 9.36 Å². The maximum Gasteiger partial charge on any atom is 0.259 e. The van der Waals surface area contributed by atoms with Crippen molar-refractivity contribution < 1.29 is 19.5 Å². The highest BCUT2D eigenvalue weighted by Crippen LogP contribution is 2.35. The first-order valence-corrected chi connectivity index (χ1v) is 7.94. The fraction of sp³-hybridized carbons (Fsp3) is 0.900. The van der Waals surface area contributed by atoms with Crippen LogP contribution in [0.1, 0.15) is 27.2 Å². The summed E-state index contributed by atoms with van der Waals surface area (Å²) in [5, 5.41) is 9.26. The van der Waals surface area contributed by atoms with E-state index in [4.69, 9.17) is 10.1 Å². The standard InChI is InChI=1S/C7H17N2O4P.C3H8/c1-4-9(6-14(3,12)13)5-7(10)8(2)11;1-3-2/h11H,4-6H2,1-3H3,(H,12,13);3H2,1-2H3. The Kier molecular flexibility index (Phi) is 10.7. The van der Waals surface area contributed by atoms with Crippen LogP contribution in [-0.4, -0.2) is 59.1 Å². The molecular formula is C10H25N2O4P. The van der Waals surface area contributed by atoms with Crippen LogP contribution in [0.5, 0.6) is 0 Å². The Balaban J connectivity index is 0. The van der Waals surface area contributed by atoms with E-state index >= 15 is 0 Å². The van der Waals surface area contributed by atoms with Gasteiger partial charge in [-0.05, 0) is 6.54 Å². The van der Waals surface area contributed by atoms with Crippen LogP contribution >= 0.6 is 7.37 Å². The van der Waals surface area contributed by atoms with Gasteiger partial charge in [0, 0.05) is 13.7 Å². The molecule has 6 nitrogen and oxygen atoms in total. The summed E-state index contributed by atoms with van der Waals surface area (Å²) in [7, 11) is -1.93. The summed E-state index contributed by atoms with van der Waals surface area (Å²) in [6.45, 7) is 7.70. The Morgan fingerprint density at radius 1 is 1.29 bits per heavy atom. The molecule has 1 unspecified atom stereocenters. The highest BCUT2D eigenvalue weighted by Gasteiger charge is 2.18.